The van der Waals surface area contributed by atoms with Crippen molar-refractivity contribution in [2.75, 3.05) is 0 Å². The van der Waals surface area contributed by atoms with E-state index < -0.39 is 0 Å². The first kappa shape index (κ1) is 6.29. The summed E-state index contributed by atoms with van der Waals surface area (Å²) in [5, 5.41) is 2.74. The molecule has 0 bridgehead atoms. The van der Waals surface area contributed by atoms with Gasteiger partial charge >= 0.3 is 0 Å². The molecular formula is C6H5NOS. The van der Waals surface area contributed by atoms with Gasteiger partial charge in [-0.25, -0.2) is 0 Å². The second-order valence-corrected chi connectivity index (χ2v) is 2.06. The maximum atomic E-state index is 9.93. The van der Waals surface area contributed by atoms with Gasteiger partial charge in [-0.15, -0.1) is 17.5 Å². The van der Waals surface area contributed by atoms with Crippen molar-refractivity contribution in [3.8, 4) is 0 Å². The quantitative estimate of drug-likeness (QED) is 0.469. The monoisotopic (exact) mass is 139 g/mol. The molecule has 0 N–H and O–H groups in total. The average molecular weight is 139 g/mol. The highest BCUT2D eigenvalue weighted by Gasteiger charge is 1.92. The van der Waals surface area contributed by atoms with E-state index in [9.17, 15) is 4.91 Å². The third-order valence-corrected chi connectivity index (χ3v) is 1.36. The van der Waals surface area contributed by atoms with E-state index in [1.54, 1.807) is 24.3 Å². The molecule has 3 heteroatoms. The zero-order chi connectivity index (χ0) is 6.69. The number of thiol groups is 1. The molecular weight excluding hydrogens is 134 g/mol. The molecule has 0 heterocycles. The lowest BCUT2D eigenvalue weighted by Crippen LogP contribution is -1.64. The first-order valence-corrected chi connectivity index (χ1v) is 2.90. The minimum absolute atomic E-state index is 0.390. The fourth-order valence-electron chi connectivity index (χ4n) is 0.541. The van der Waals surface area contributed by atoms with Crippen molar-refractivity contribution in [2.45, 2.75) is 4.90 Å². The molecule has 0 amide bonds. The van der Waals surface area contributed by atoms with Crippen molar-refractivity contribution >= 4 is 18.3 Å². The minimum atomic E-state index is 0.390. The van der Waals surface area contributed by atoms with E-state index in [4.69, 9.17) is 0 Å². The SMILES string of the molecule is O=Nc1ccccc1S. The van der Waals surface area contributed by atoms with Gasteiger partial charge in [-0.05, 0) is 17.3 Å². The lowest BCUT2D eigenvalue weighted by Gasteiger charge is -1.89. The Bertz CT molecular complexity index is 224. The summed E-state index contributed by atoms with van der Waals surface area (Å²) in [6.07, 6.45) is 0. The van der Waals surface area contributed by atoms with Gasteiger partial charge in [0, 0.05) is 4.90 Å². The van der Waals surface area contributed by atoms with Gasteiger partial charge in [0.05, 0.1) is 0 Å². The molecule has 1 aromatic carbocycles. The average Bonchev–Trinajstić information content (AvgIpc) is 1.89. The smallest absolute Gasteiger partial charge is 0.121 e. The molecule has 46 valence electrons. The summed E-state index contributed by atoms with van der Waals surface area (Å²) >= 11 is 3.98. The van der Waals surface area contributed by atoms with Gasteiger partial charge in [-0.3, -0.25) is 0 Å². The largest absolute Gasteiger partial charge is 0.145 e. The van der Waals surface area contributed by atoms with E-state index in [2.05, 4.69) is 17.8 Å². The fraction of sp³-hybridized carbons (Fsp3) is 0. The van der Waals surface area contributed by atoms with Crippen LogP contribution in [0.25, 0.3) is 0 Å². The van der Waals surface area contributed by atoms with Crippen LogP contribution < -0.4 is 0 Å². The number of nitrogens with zero attached hydrogens (tertiary/aromatic N) is 1. The maximum Gasteiger partial charge on any atom is 0.121 e. The Hall–Kier alpha value is -0.830. The summed E-state index contributed by atoms with van der Waals surface area (Å²) in [6, 6.07) is 6.89. The van der Waals surface area contributed by atoms with E-state index in [1.165, 1.54) is 0 Å². The summed E-state index contributed by atoms with van der Waals surface area (Å²) in [6.45, 7) is 0. The van der Waals surface area contributed by atoms with Crippen LogP contribution in [0.5, 0.6) is 0 Å². The van der Waals surface area contributed by atoms with Crippen LogP contribution in [-0.4, -0.2) is 0 Å². The maximum absolute atomic E-state index is 9.93. The topological polar surface area (TPSA) is 29.4 Å². The van der Waals surface area contributed by atoms with Gasteiger partial charge in [0.15, 0.2) is 0 Å². The molecule has 0 aliphatic rings. The second kappa shape index (κ2) is 2.64. The van der Waals surface area contributed by atoms with Crippen LogP contribution in [0.15, 0.2) is 34.3 Å². The molecule has 1 aromatic rings. The Kier molecular flexibility index (Phi) is 1.85. The van der Waals surface area contributed by atoms with Crippen LogP contribution in [0.4, 0.5) is 5.69 Å². The molecule has 0 spiro atoms. The first-order valence-electron chi connectivity index (χ1n) is 2.46. The standard InChI is InChI=1S/C6H5NOS/c8-7-5-3-1-2-4-6(5)9/h1-4,9H. The molecule has 0 aliphatic heterocycles. The summed E-state index contributed by atoms with van der Waals surface area (Å²) in [4.78, 5) is 10.5. The third-order valence-electron chi connectivity index (χ3n) is 0.980. The fourth-order valence-corrected chi connectivity index (χ4v) is 0.743. The van der Waals surface area contributed by atoms with Crippen molar-refractivity contribution < 1.29 is 0 Å². The molecule has 0 atom stereocenters. The lowest BCUT2D eigenvalue weighted by molar-refractivity contribution is 1.37. The summed E-state index contributed by atoms with van der Waals surface area (Å²) in [7, 11) is 0. The highest BCUT2D eigenvalue weighted by molar-refractivity contribution is 7.80. The van der Waals surface area contributed by atoms with Crippen LogP contribution in [-0.2, 0) is 0 Å². The minimum Gasteiger partial charge on any atom is -0.145 e. The molecule has 9 heavy (non-hydrogen) atoms. The Morgan fingerprint density at radius 2 is 2.00 bits per heavy atom. The van der Waals surface area contributed by atoms with Crippen molar-refractivity contribution in [1.82, 2.24) is 0 Å². The van der Waals surface area contributed by atoms with E-state index in [0.717, 1.165) is 0 Å². The second-order valence-electron chi connectivity index (χ2n) is 1.58. The summed E-state index contributed by atoms with van der Waals surface area (Å²) < 4.78 is 0. The predicted octanol–water partition coefficient (Wildman–Crippen LogP) is 2.37. The molecule has 0 saturated heterocycles. The Morgan fingerprint density at radius 3 is 2.44 bits per heavy atom. The van der Waals surface area contributed by atoms with Crippen LogP contribution in [0, 0.1) is 4.91 Å². The highest BCUT2D eigenvalue weighted by Crippen LogP contribution is 2.20. The summed E-state index contributed by atoms with van der Waals surface area (Å²) in [5.74, 6) is 0. The van der Waals surface area contributed by atoms with Gasteiger partial charge in [0.2, 0.25) is 0 Å². The van der Waals surface area contributed by atoms with Gasteiger partial charge in [-0.1, -0.05) is 12.1 Å². The van der Waals surface area contributed by atoms with Crippen molar-refractivity contribution in [1.29, 1.82) is 0 Å². The molecule has 0 aliphatic carbocycles. The molecule has 0 saturated carbocycles. The van der Waals surface area contributed by atoms with Gasteiger partial charge in [-0.2, -0.15) is 0 Å². The first-order chi connectivity index (χ1) is 4.34. The van der Waals surface area contributed by atoms with E-state index in [1.807, 2.05) is 0 Å². The van der Waals surface area contributed by atoms with Gasteiger partial charge in [0.25, 0.3) is 0 Å². The van der Waals surface area contributed by atoms with Crippen molar-refractivity contribution in [3.63, 3.8) is 0 Å². The van der Waals surface area contributed by atoms with E-state index >= 15 is 0 Å². The highest BCUT2D eigenvalue weighted by atomic mass is 32.1. The normalized spacial score (nSPS) is 9.00. The van der Waals surface area contributed by atoms with Crippen molar-refractivity contribution in [3.05, 3.63) is 29.2 Å². The van der Waals surface area contributed by atoms with Gasteiger partial charge < -0.3 is 0 Å². The predicted molar refractivity (Wildman–Crippen MR) is 39.1 cm³/mol. The number of hydrogen-bond donors (Lipinski definition) is 1. The molecule has 2 nitrogen and oxygen atoms in total. The van der Waals surface area contributed by atoms with E-state index in [0.29, 0.717) is 10.6 Å². The Morgan fingerprint density at radius 1 is 1.33 bits per heavy atom. The van der Waals surface area contributed by atoms with Crippen LogP contribution in [0.2, 0.25) is 0 Å². The third kappa shape index (κ3) is 1.29. The van der Waals surface area contributed by atoms with E-state index in [-0.39, 0.29) is 0 Å². The number of hydrogen-bond acceptors (Lipinski definition) is 3. The number of rotatable bonds is 1. The molecule has 1 rings (SSSR count). The van der Waals surface area contributed by atoms with Gasteiger partial charge in [0.1, 0.15) is 5.69 Å². The Balaban J connectivity index is 3.15. The summed E-state index contributed by atoms with van der Waals surface area (Å²) in [5.41, 5.74) is 0.390. The van der Waals surface area contributed by atoms with Crippen LogP contribution in [0.1, 0.15) is 0 Å². The molecule has 0 radical (unpaired) electrons. The van der Waals surface area contributed by atoms with Crippen LogP contribution in [0.3, 0.4) is 0 Å². The molecule has 0 fully saturated rings. The molecule has 0 unspecified atom stereocenters. The lowest BCUT2D eigenvalue weighted by atomic mass is 10.3. The van der Waals surface area contributed by atoms with Crippen molar-refractivity contribution in [2.24, 2.45) is 5.18 Å². The zero-order valence-corrected chi connectivity index (χ0v) is 5.51. The Labute approximate surface area is 58.3 Å². The number of nitroso groups, excluding NO2 is 1. The number of benzene rings is 1. The zero-order valence-electron chi connectivity index (χ0n) is 4.61. The van der Waals surface area contributed by atoms with Crippen LogP contribution >= 0.6 is 12.6 Å². The molecule has 0 aromatic heterocycles.